The van der Waals surface area contributed by atoms with Gasteiger partial charge in [0.15, 0.2) is 0 Å². The molecule has 1 rings (SSSR count). The summed E-state index contributed by atoms with van der Waals surface area (Å²) < 4.78 is 4.88. The zero-order valence-electron chi connectivity index (χ0n) is 7.33. The Kier molecular flexibility index (Phi) is 3.60. The molecule has 0 saturated heterocycles. The summed E-state index contributed by atoms with van der Waals surface area (Å²) in [6.07, 6.45) is 2.27. The molecule has 0 amide bonds. The van der Waals surface area contributed by atoms with E-state index in [-0.39, 0.29) is 6.10 Å². The van der Waals surface area contributed by atoms with Crippen molar-refractivity contribution in [3.8, 4) is 6.26 Å². The van der Waals surface area contributed by atoms with Crippen LogP contribution in [0.15, 0.2) is 24.3 Å². The lowest BCUT2D eigenvalue weighted by molar-refractivity contribution is 0.159. The van der Waals surface area contributed by atoms with Gasteiger partial charge in [-0.25, -0.2) is 0 Å². The Labute approximate surface area is 82.7 Å². The summed E-state index contributed by atoms with van der Waals surface area (Å²) in [5.41, 5.74) is 0.941. The third kappa shape index (κ3) is 2.64. The predicted molar refractivity (Wildman–Crippen MR) is 51.2 cm³/mol. The first kappa shape index (κ1) is 9.88. The molecule has 1 atom stereocenters. The van der Waals surface area contributed by atoms with Crippen LogP contribution in [0.3, 0.4) is 0 Å². The molecule has 0 N–H and O–H groups in total. The molecule has 0 heterocycles. The SMILES string of the molecule is CCC(OC#N)c1cccc(Cl)c1. The van der Waals surface area contributed by atoms with Crippen LogP contribution in [-0.4, -0.2) is 0 Å². The Morgan fingerprint density at radius 1 is 1.62 bits per heavy atom. The van der Waals surface area contributed by atoms with Gasteiger partial charge in [0, 0.05) is 5.02 Å². The van der Waals surface area contributed by atoms with Crippen molar-refractivity contribution in [3.63, 3.8) is 0 Å². The van der Waals surface area contributed by atoms with Crippen LogP contribution in [0, 0.1) is 11.5 Å². The summed E-state index contributed by atoms with van der Waals surface area (Å²) in [6.45, 7) is 1.96. The summed E-state index contributed by atoms with van der Waals surface area (Å²) in [5.74, 6) is 0. The number of hydrogen-bond acceptors (Lipinski definition) is 2. The first-order chi connectivity index (χ1) is 6.27. The van der Waals surface area contributed by atoms with Crippen LogP contribution in [0.4, 0.5) is 0 Å². The van der Waals surface area contributed by atoms with Gasteiger partial charge in [0.25, 0.3) is 6.26 Å². The number of hydrogen-bond donors (Lipinski definition) is 0. The number of halogens is 1. The normalized spacial score (nSPS) is 11.8. The van der Waals surface area contributed by atoms with E-state index in [1.165, 1.54) is 0 Å². The second-order valence-electron chi connectivity index (χ2n) is 2.66. The lowest BCUT2D eigenvalue weighted by Gasteiger charge is -2.11. The molecule has 1 aromatic rings. The molecule has 0 aliphatic heterocycles. The molecule has 0 spiro atoms. The van der Waals surface area contributed by atoms with E-state index in [9.17, 15) is 0 Å². The molecule has 13 heavy (non-hydrogen) atoms. The van der Waals surface area contributed by atoms with Crippen LogP contribution in [0.5, 0.6) is 0 Å². The zero-order valence-corrected chi connectivity index (χ0v) is 8.08. The minimum absolute atomic E-state index is 0.177. The van der Waals surface area contributed by atoms with Crippen molar-refractivity contribution in [2.45, 2.75) is 19.4 Å². The standard InChI is InChI=1S/C10H10ClNO/c1-2-10(13-7-12)8-4-3-5-9(11)6-8/h3-6,10H,2H2,1H3. The molecule has 0 aromatic heterocycles. The molecule has 0 fully saturated rings. The first-order valence-corrected chi connectivity index (χ1v) is 4.46. The highest BCUT2D eigenvalue weighted by molar-refractivity contribution is 6.30. The van der Waals surface area contributed by atoms with Gasteiger partial charge in [-0.2, -0.15) is 5.26 Å². The lowest BCUT2D eigenvalue weighted by atomic mass is 10.1. The van der Waals surface area contributed by atoms with Gasteiger partial charge < -0.3 is 4.74 Å². The van der Waals surface area contributed by atoms with E-state index in [1.807, 2.05) is 25.1 Å². The Balaban J connectivity index is 2.86. The molecule has 1 unspecified atom stereocenters. The van der Waals surface area contributed by atoms with Crippen molar-refractivity contribution in [3.05, 3.63) is 34.9 Å². The Hall–Kier alpha value is -1.20. The van der Waals surface area contributed by atoms with E-state index >= 15 is 0 Å². The number of nitrogens with zero attached hydrogens (tertiary/aromatic N) is 1. The zero-order chi connectivity index (χ0) is 9.68. The molecular formula is C10H10ClNO. The summed E-state index contributed by atoms with van der Waals surface area (Å²) in [5, 5.41) is 9.06. The molecule has 0 aliphatic carbocycles. The van der Waals surface area contributed by atoms with Crippen LogP contribution >= 0.6 is 11.6 Å². The molecule has 68 valence electrons. The molecular weight excluding hydrogens is 186 g/mol. The quantitative estimate of drug-likeness (QED) is 0.694. The fourth-order valence-electron chi connectivity index (χ4n) is 1.16. The maximum Gasteiger partial charge on any atom is 0.286 e. The molecule has 0 bridgehead atoms. The molecule has 0 aliphatic rings. The highest BCUT2D eigenvalue weighted by Crippen LogP contribution is 2.22. The van der Waals surface area contributed by atoms with Crippen molar-refractivity contribution in [1.29, 1.82) is 5.26 Å². The molecule has 3 heteroatoms. The highest BCUT2D eigenvalue weighted by Gasteiger charge is 2.09. The monoisotopic (exact) mass is 195 g/mol. The van der Waals surface area contributed by atoms with Crippen LogP contribution in [0.25, 0.3) is 0 Å². The second-order valence-corrected chi connectivity index (χ2v) is 3.10. The largest absolute Gasteiger partial charge is 0.419 e. The average Bonchev–Trinajstić information content (AvgIpc) is 2.14. The van der Waals surface area contributed by atoms with Gasteiger partial charge in [0.05, 0.1) is 0 Å². The minimum Gasteiger partial charge on any atom is -0.419 e. The smallest absolute Gasteiger partial charge is 0.286 e. The maximum absolute atomic E-state index is 8.39. The van der Waals surface area contributed by atoms with Gasteiger partial charge in [0.1, 0.15) is 6.10 Å². The third-order valence-corrected chi connectivity index (χ3v) is 2.02. The minimum atomic E-state index is -0.177. The van der Waals surface area contributed by atoms with Gasteiger partial charge in [0.2, 0.25) is 0 Å². The summed E-state index contributed by atoms with van der Waals surface area (Å²) in [7, 11) is 0. The summed E-state index contributed by atoms with van der Waals surface area (Å²) >= 11 is 5.81. The Bertz CT molecular complexity index is 319. The van der Waals surface area contributed by atoms with Crippen LogP contribution in [0.1, 0.15) is 25.0 Å². The Morgan fingerprint density at radius 3 is 2.92 bits per heavy atom. The van der Waals surface area contributed by atoms with E-state index in [0.717, 1.165) is 12.0 Å². The highest BCUT2D eigenvalue weighted by atomic mass is 35.5. The Morgan fingerprint density at radius 2 is 2.38 bits per heavy atom. The van der Waals surface area contributed by atoms with Crippen molar-refractivity contribution < 1.29 is 4.74 Å². The number of rotatable bonds is 3. The van der Waals surface area contributed by atoms with E-state index in [4.69, 9.17) is 21.6 Å². The van der Waals surface area contributed by atoms with Gasteiger partial charge in [-0.15, -0.1) is 0 Å². The van der Waals surface area contributed by atoms with Gasteiger partial charge >= 0.3 is 0 Å². The van der Waals surface area contributed by atoms with Crippen molar-refractivity contribution in [2.75, 3.05) is 0 Å². The lowest BCUT2D eigenvalue weighted by Crippen LogP contribution is -1.98. The van der Waals surface area contributed by atoms with Gasteiger partial charge in [-0.05, 0) is 24.1 Å². The molecule has 2 nitrogen and oxygen atoms in total. The van der Waals surface area contributed by atoms with E-state index in [1.54, 1.807) is 12.3 Å². The van der Waals surface area contributed by atoms with Gasteiger partial charge in [-0.1, -0.05) is 30.7 Å². The first-order valence-electron chi connectivity index (χ1n) is 4.08. The van der Waals surface area contributed by atoms with Gasteiger partial charge in [-0.3, -0.25) is 0 Å². The second kappa shape index (κ2) is 4.74. The number of nitriles is 1. The molecule has 1 aromatic carbocycles. The number of ether oxygens (including phenoxy) is 1. The van der Waals surface area contributed by atoms with Crippen molar-refractivity contribution in [1.82, 2.24) is 0 Å². The summed E-state index contributed by atoms with van der Waals surface area (Å²) in [4.78, 5) is 0. The van der Waals surface area contributed by atoms with Crippen molar-refractivity contribution >= 4 is 11.6 Å². The number of benzene rings is 1. The fraction of sp³-hybridized carbons (Fsp3) is 0.300. The van der Waals surface area contributed by atoms with Crippen LogP contribution in [-0.2, 0) is 4.74 Å². The topological polar surface area (TPSA) is 33.0 Å². The van der Waals surface area contributed by atoms with Crippen LogP contribution < -0.4 is 0 Å². The molecule has 0 saturated carbocycles. The predicted octanol–water partition coefficient (Wildman–Crippen LogP) is 3.29. The average molecular weight is 196 g/mol. The van der Waals surface area contributed by atoms with Crippen molar-refractivity contribution in [2.24, 2.45) is 0 Å². The van der Waals surface area contributed by atoms with E-state index in [2.05, 4.69) is 0 Å². The maximum atomic E-state index is 8.39. The fourth-order valence-corrected chi connectivity index (χ4v) is 1.36. The van der Waals surface area contributed by atoms with E-state index < -0.39 is 0 Å². The van der Waals surface area contributed by atoms with E-state index in [0.29, 0.717) is 5.02 Å². The summed E-state index contributed by atoms with van der Waals surface area (Å²) in [6, 6.07) is 7.36. The third-order valence-electron chi connectivity index (χ3n) is 1.79. The molecule has 0 radical (unpaired) electrons. The van der Waals surface area contributed by atoms with Crippen LogP contribution in [0.2, 0.25) is 5.02 Å².